The molecule has 0 aromatic carbocycles. The van der Waals surface area contributed by atoms with Gasteiger partial charge in [0.1, 0.15) is 0 Å². The first-order chi connectivity index (χ1) is 12.6. The number of aliphatic hydroxyl groups excluding tert-OH is 1. The average molecular weight is 377 g/mol. The molecule has 4 aliphatic carbocycles. The van der Waals surface area contributed by atoms with Crippen LogP contribution in [0.4, 0.5) is 0 Å². The molecule has 2 N–H and O–H groups in total. The molecule has 27 heavy (non-hydrogen) atoms. The maximum atomic E-state index is 10.2. The first-order valence-electron chi connectivity index (χ1n) is 12.0. The molecular weight excluding hydrogens is 332 g/mol. The van der Waals surface area contributed by atoms with Crippen molar-refractivity contribution in [1.29, 1.82) is 0 Å². The summed E-state index contributed by atoms with van der Waals surface area (Å²) in [7, 11) is 0. The standard InChI is InChI=1S/C25H44O2/c1-23(2,27)13-5-6-17-8-10-21-20-9-7-18-16-19(26)11-14-25(18,4)22(20)12-15-24(17,21)3/h17-22,26-27H,5-16H2,1-4H3/t17-,18-,19-,20-,21-,22-,24+,25-/m0/s1. The third-order valence-electron chi connectivity index (χ3n) is 10.2. The van der Waals surface area contributed by atoms with Gasteiger partial charge >= 0.3 is 0 Å². The van der Waals surface area contributed by atoms with Crippen LogP contribution in [0.2, 0.25) is 0 Å². The van der Waals surface area contributed by atoms with Gasteiger partial charge in [-0.05, 0) is 125 Å². The average Bonchev–Trinajstić information content (AvgIpc) is 2.91. The van der Waals surface area contributed by atoms with Crippen LogP contribution in [0.15, 0.2) is 0 Å². The molecule has 0 amide bonds. The van der Waals surface area contributed by atoms with Crippen LogP contribution in [0.3, 0.4) is 0 Å². The summed E-state index contributed by atoms with van der Waals surface area (Å²) in [5.41, 5.74) is 0.551. The van der Waals surface area contributed by atoms with Crippen LogP contribution < -0.4 is 0 Å². The molecule has 4 rings (SSSR count). The van der Waals surface area contributed by atoms with Gasteiger partial charge in [-0.2, -0.15) is 0 Å². The minimum Gasteiger partial charge on any atom is -0.393 e. The van der Waals surface area contributed by atoms with Crippen molar-refractivity contribution >= 4 is 0 Å². The maximum absolute atomic E-state index is 10.2. The number of hydrogen-bond donors (Lipinski definition) is 2. The third-order valence-corrected chi connectivity index (χ3v) is 10.2. The summed E-state index contributed by atoms with van der Waals surface area (Å²) in [6.45, 7) is 9.14. The van der Waals surface area contributed by atoms with E-state index in [-0.39, 0.29) is 6.10 Å². The highest BCUT2D eigenvalue weighted by Crippen LogP contribution is 2.67. The van der Waals surface area contributed by atoms with Gasteiger partial charge in [-0.25, -0.2) is 0 Å². The van der Waals surface area contributed by atoms with Crippen LogP contribution in [0, 0.1) is 40.4 Å². The van der Waals surface area contributed by atoms with E-state index in [9.17, 15) is 10.2 Å². The Hall–Kier alpha value is -0.0800. The number of aliphatic hydroxyl groups is 2. The Morgan fingerprint density at radius 3 is 2.33 bits per heavy atom. The summed E-state index contributed by atoms with van der Waals surface area (Å²) in [6, 6.07) is 0. The summed E-state index contributed by atoms with van der Waals surface area (Å²) < 4.78 is 0. The molecule has 0 bridgehead atoms. The number of rotatable bonds is 4. The molecule has 156 valence electrons. The molecule has 0 unspecified atom stereocenters. The number of fused-ring (bicyclic) bond motifs is 5. The zero-order valence-corrected chi connectivity index (χ0v) is 18.3. The SMILES string of the molecule is CC(C)(O)CCC[C@H]1CC[C@H]2[C@@H]3CC[C@H]4C[C@@H](O)CC[C@]4(C)[C@H]3CC[C@]12C. The molecule has 4 aliphatic rings. The predicted molar refractivity (Wildman–Crippen MR) is 111 cm³/mol. The van der Waals surface area contributed by atoms with Crippen molar-refractivity contribution in [2.75, 3.05) is 0 Å². The van der Waals surface area contributed by atoms with Crippen molar-refractivity contribution < 1.29 is 10.2 Å². The van der Waals surface area contributed by atoms with E-state index in [1.54, 1.807) is 0 Å². The minimum absolute atomic E-state index is 0.0277. The summed E-state index contributed by atoms with van der Waals surface area (Å²) in [4.78, 5) is 0. The van der Waals surface area contributed by atoms with Gasteiger partial charge in [-0.3, -0.25) is 0 Å². The lowest BCUT2D eigenvalue weighted by atomic mass is 9.44. The molecule has 8 atom stereocenters. The van der Waals surface area contributed by atoms with E-state index < -0.39 is 5.60 Å². The molecule has 0 spiro atoms. The van der Waals surface area contributed by atoms with E-state index in [1.165, 1.54) is 57.8 Å². The van der Waals surface area contributed by atoms with Crippen LogP contribution in [-0.4, -0.2) is 21.9 Å². The van der Waals surface area contributed by atoms with Crippen LogP contribution in [-0.2, 0) is 0 Å². The summed E-state index contributed by atoms with van der Waals surface area (Å²) in [5, 5.41) is 20.3. The van der Waals surface area contributed by atoms with E-state index >= 15 is 0 Å². The van der Waals surface area contributed by atoms with Gasteiger partial charge < -0.3 is 10.2 Å². The molecule has 2 heteroatoms. The van der Waals surface area contributed by atoms with Crippen molar-refractivity contribution in [1.82, 2.24) is 0 Å². The minimum atomic E-state index is -0.505. The van der Waals surface area contributed by atoms with Gasteiger partial charge in [0.15, 0.2) is 0 Å². The second-order valence-corrected chi connectivity index (χ2v) is 12.1. The van der Waals surface area contributed by atoms with E-state index in [4.69, 9.17) is 0 Å². The van der Waals surface area contributed by atoms with Gasteiger partial charge in [0, 0.05) is 0 Å². The van der Waals surface area contributed by atoms with E-state index in [0.717, 1.165) is 48.9 Å². The Balaban J connectivity index is 1.46. The molecule has 0 saturated heterocycles. The fourth-order valence-electron chi connectivity index (χ4n) is 8.60. The van der Waals surface area contributed by atoms with Crippen molar-refractivity contribution in [3.05, 3.63) is 0 Å². The molecule has 0 aromatic rings. The highest BCUT2D eigenvalue weighted by molar-refractivity contribution is 5.09. The van der Waals surface area contributed by atoms with Crippen molar-refractivity contribution in [2.24, 2.45) is 40.4 Å². The lowest BCUT2D eigenvalue weighted by molar-refractivity contribution is -0.127. The highest BCUT2D eigenvalue weighted by atomic mass is 16.3. The molecule has 4 fully saturated rings. The Morgan fingerprint density at radius 2 is 1.59 bits per heavy atom. The highest BCUT2D eigenvalue weighted by Gasteiger charge is 2.59. The Bertz CT molecular complexity index is 537. The predicted octanol–water partition coefficient (Wildman–Crippen LogP) is 5.95. The lowest BCUT2D eigenvalue weighted by Gasteiger charge is -2.61. The van der Waals surface area contributed by atoms with Crippen molar-refractivity contribution in [3.8, 4) is 0 Å². The molecular formula is C25H44O2. The molecule has 0 heterocycles. The fraction of sp³-hybridized carbons (Fsp3) is 1.00. The molecule has 0 aromatic heterocycles. The second-order valence-electron chi connectivity index (χ2n) is 12.1. The quantitative estimate of drug-likeness (QED) is 0.636. The van der Waals surface area contributed by atoms with Gasteiger partial charge in [0.05, 0.1) is 11.7 Å². The fourth-order valence-corrected chi connectivity index (χ4v) is 8.60. The topological polar surface area (TPSA) is 40.5 Å². The second kappa shape index (κ2) is 7.01. The summed E-state index contributed by atoms with van der Waals surface area (Å²) >= 11 is 0. The molecule has 0 radical (unpaired) electrons. The molecule has 2 nitrogen and oxygen atoms in total. The largest absolute Gasteiger partial charge is 0.393 e. The third kappa shape index (κ3) is 3.52. The lowest BCUT2D eigenvalue weighted by Crippen LogP contribution is -2.53. The monoisotopic (exact) mass is 376 g/mol. The van der Waals surface area contributed by atoms with Gasteiger partial charge in [-0.15, -0.1) is 0 Å². The van der Waals surface area contributed by atoms with Crippen LogP contribution >= 0.6 is 0 Å². The molecule has 0 aliphatic heterocycles. The van der Waals surface area contributed by atoms with Crippen LogP contribution in [0.1, 0.15) is 105 Å². The van der Waals surface area contributed by atoms with Gasteiger partial charge in [0.2, 0.25) is 0 Å². The first-order valence-corrected chi connectivity index (χ1v) is 12.0. The smallest absolute Gasteiger partial charge is 0.0591 e. The van der Waals surface area contributed by atoms with Gasteiger partial charge in [-0.1, -0.05) is 20.3 Å². The van der Waals surface area contributed by atoms with E-state index in [2.05, 4.69) is 13.8 Å². The normalized spacial score (nSPS) is 50.0. The zero-order valence-electron chi connectivity index (χ0n) is 18.3. The summed E-state index contributed by atoms with van der Waals surface area (Å²) in [6.07, 6.45) is 15.3. The van der Waals surface area contributed by atoms with Crippen molar-refractivity contribution in [3.63, 3.8) is 0 Å². The van der Waals surface area contributed by atoms with Gasteiger partial charge in [0.25, 0.3) is 0 Å². The maximum Gasteiger partial charge on any atom is 0.0591 e. The van der Waals surface area contributed by atoms with E-state index in [1.807, 2.05) is 13.8 Å². The van der Waals surface area contributed by atoms with Crippen LogP contribution in [0.25, 0.3) is 0 Å². The van der Waals surface area contributed by atoms with Crippen molar-refractivity contribution in [2.45, 2.75) is 116 Å². The van der Waals surface area contributed by atoms with Crippen LogP contribution in [0.5, 0.6) is 0 Å². The Kier molecular flexibility index (Phi) is 5.25. The molecule has 4 saturated carbocycles. The first kappa shape index (κ1) is 20.2. The Morgan fingerprint density at radius 1 is 0.889 bits per heavy atom. The number of hydrogen-bond acceptors (Lipinski definition) is 2. The van der Waals surface area contributed by atoms with E-state index in [0.29, 0.717) is 10.8 Å². The zero-order chi connectivity index (χ0) is 19.4. The summed E-state index contributed by atoms with van der Waals surface area (Å²) in [5.74, 6) is 4.45. The Labute approximate surface area is 167 Å².